The van der Waals surface area contributed by atoms with Gasteiger partial charge >= 0.3 is 0 Å². The highest BCUT2D eigenvalue weighted by atomic mass is 16.3. The number of hydrogen-bond acceptors (Lipinski definition) is 11. The number of carbonyl (C=O) groups excluding carboxylic acids is 4. The van der Waals surface area contributed by atoms with Crippen LogP contribution in [0.3, 0.4) is 0 Å². The third-order valence-corrected chi connectivity index (χ3v) is 11.2. The van der Waals surface area contributed by atoms with Crippen molar-refractivity contribution in [1.82, 2.24) is 14.5 Å². The fraction of sp³-hybridized carbons (Fsp3) is 0.0217. The monoisotopic (exact) mass is 805 g/mol. The molecule has 0 atom stereocenters. The number of nitrogens with zero attached hydrogens (tertiary/aromatic N) is 4. The number of aryl methyl sites for hydroxylation is 1. The Hall–Kier alpha value is -8.85. The van der Waals surface area contributed by atoms with E-state index in [0.717, 1.165) is 19.9 Å². The van der Waals surface area contributed by atoms with Crippen molar-refractivity contribution in [2.75, 3.05) is 9.80 Å². The molecule has 11 rings (SSSR count). The fourth-order valence-electron chi connectivity index (χ4n) is 8.18. The Morgan fingerprint density at radius 1 is 0.508 bits per heavy atom. The molecule has 0 aliphatic carbocycles. The van der Waals surface area contributed by atoms with E-state index < -0.39 is 45.9 Å². The topological polar surface area (TPSA) is 210 Å². The number of rotatable bonds is 5. The van der Waals surface area contributed by atoms with Gasteiger partial charge in [0.15, 0.2) is 5.58 Å². The van der Waals surface area contributed by atoms with Crippen molar-refractivity contribution in [3.8, 4) is 34.0 Å². The first-order chi connectivity index (χ1) is 29.4. The Kier molecular flexibility index (Phi) is 7.14. The zero-order valence-electron chi connectivity index (χ0n) is 31.3. The van der Waals surface area contributed by atoms with Gasteiger partial charge < -0.3 is 9.52 Å². The van der Waals surface area contributed by atoms with Crippen LogP contribution >= 0.6 is 0 Å². The first-order valence-electron chi connectivity index (χ1n) is 18.7. The zero-order valence-corrected chi connectivity index (χ0v) is 31.3. The molecule has 6 aromatic carbocycles. The number of nitrogens with one attached hydrogen (secondary N) is 1. The van der Waals surface area contributed by atoms with Gasteiger partial charge in [-0.3, -0.25) is 43.3 Å². The Balaban J connectivity index is 0.873. The number of aromatic nitrogens is 3. The second-order valence-corrected chi connectivity index (χ2v) is 14.8. The number of benzene rings is 6. The minimum atomic E-state index is -0.706. The van der Waals surface area contributed by atoms with Gasteiger partial charge in [0.25, 0.3) is 45.9 Å². The van der Waals surface area contributed by atoms with Crippen LogP contribution in [-0.2, 0) is 0 Å². The molecule has 0 saturated carbocycles. The average Bonchev–Trinajstić information content (AvgIpc) is 4.00. The first-order valence-corrected chi connectivity index (χ1v) is 18.7. The van der Waals surface area contributed by atoms with Crippen molar-refractivity contribution >= 4 is 67.6 Å². The van der Waals surface area contributed by atoms with E-state index in [-0.39, 0.29) is 78.1 Å². The molecule has 9 aromatic rings. The maximum atomic E-state index is 13.9. The average molecular weight is 806 g/mol. The highest BCUT2D eigenvalue weighted by Gasteiger charge is 2.39. The lowest BCUT2D eigenvalue weighted by molar-refractivity contribution is 0.0910. The summed E-state index contributed by atoms with van der Waals surface area (Å²) in [6.45, 7) is 1.91. The number of aromatic hydroxyl groups is 1. The van der Waals surface area contributed by atoms with Crippen LogP contribution < -0.4 is 32.0 Å². The van der Waals surface area contributed by atoms with Gasteiger partial charge in [0.05, 0.1) is 66.4 Å². The predicted octanol–water partition coefficient (Wildman–Crippen LogP) is 5.52. The first kappa shape index (κ1) is 35.3. The molecule has 0 fully saturated rings. The maximum Gasteiger partial charge on any atom is 0.266 e. The van der Waals surface area contributed by atoms with E-state index in [9.17, 15) is 43.5 Å². The molecule has 0 unspecified atom stereocenters. The number of hydrogen-bond donors (Lipinski definition) is 2. The van der Waals surface area contributed by atoms with Gasteiger partial charge in [0.1, 0.15) is 11.3 Å². The summed E-state index contributed by atoms with van der Waals surface area (Å²) in [5.74, 6) is -2.48. The van der Waals surface area contributed by atoms with Gasteiger partial charge in [-0.15, -0.1) is 0 Å². The molecule has 2 N–H and O–H groups in total. The third-order valence-electron chi connectivity index (χ3n) is 11.2. The van der Waals surface area contributed by atoms with Gasteiger partial charge in [0.2, 0.25) is 5.89 Å². The van der Waals surface area contributed by atoms with E-state index in [2.05, 4.69) is 9.97 Å². The number of imide groups is 2. The summed E-state index contributed by atoms with van der Waals surface area (Å²) < 4.78 is 6.76. The van der Waals surface area contributed by atoms with Crippen LogP contribution in [0.5, 0.6) is 5.75 Å². The fourth-order valence-corrected chi connectivity index (χ4v) is 8.18. The lowest BCUT2D eigenvalue weighted by atomic mass is 9.97. The Labute approximate surface area is 339 Å². The van der Waals surface area contributed by atoms with Gasteiger partial charge in [-0.1, -0.05) is 18.2 Å². The van der Waals surface area contributed by atoms with Crippen LogP contribution in [0.4, 0.5) is 11.4 Å². The lowest BCUT2D eigenvalue weighted by Gasteiger charge is -2.15. The molecule has 0 spiro atoms. The number of anilines is 2. The second kappa shape index (κ2) is 12.3. The van der Waals surface area contributed by atoms with Gasteiger partial charge in [0, 0.05) is 0 Å². The van der Waals surface area contributed by atoms with Gasteiger partial charge in [-0.2, -0.15) is 0 Å². The van der Waals surface area contributed by atoms with Crippen LogP contribution in [0.25, 0.3) is 60.9 Å². The van der Waals surface area contributed by atoms with Crippen LogP contribution in [-0.4, -0.2) is 43.3 Å². The van der Waals surface area contributed by atoms with Crippen LogP contribution in [0.15, 0.2) is 133 Å². The predicted molar refractivity (Wildman–Crippen MR) is 223 cm³/mol. The minimum Gasteiger partial charge on any atom is -0.507 e. The maximum absolute atomic E-state index is 13.9. The number of aromatic amines is 1. The summed E-state index contributed by atoms with van der Waals surface area (Å²) in [4.78, 5) is 115. The number of H-pyrrole nitrogens is 1. The summed E-state index contributed by atoms with van der Waals surface area (Å²) in [7, 11) is 0. The number of oxazole rings is 1. The van der Waals surface area contributed by atoms with E-state index in [1.54, 1.807) is 24.3 Å². The van der Waals surface area contributed by atoms with Crippen molar-refractivity contribution < 1.29 is 28.7 Å². The number of phenols is 1. The summed E-state index contributed by atoms with van der Waals surface area (Å²) >= 11 is 0. The van der Waals surface area contributed by atoms with Gasteiger partial charge in [-0.25, -0.2) is 19.4 Å². The molecule has 5 heterocycles. The summed E-state index contributed by atoms with van der Waals surface area (Å²) in [5, 5.41) is 10.6. The molecular formula is C46H23N5O10. The molecule has 61 heavy (non-hydrogen) atoms. The number of amides is 4. The highest BCUT2D eigenvalue weighted by molar-refractivity contribution is 6.36. The van der Waals surface area contributed by atoms with E-state index in [1.807, 2.05) is 19.1 Å². The van der Waals surface area contributed by atoms with Crippen molar-refractivity contribution in [2.45, 2.75) is 6.92 Å². The largest absolute Gasteiger partial charge is 0.507 e. The molecule has 15 heteroatoms. The van der Waals surface area contributed by atoms with E-state index in [0.29, 0.717) is 22.2 Å². The summed E-state index contributed by atoms with van der Waals surface area (Å²) in [6.07, 6.45) is 0. The lowest BCUT2D eigenvalue weighted by Crippen LogP contribution is -2.29. The number of carbonyl (C=O) groups is 4. The molecule has 0 saturated heterocycles. The molecule has 2 aliphatic rings. The standard InChI is InChI=1S/C46H23N5O10/c1-20-2-13-37-35(14-20)47-40(61-37)34-17-25(9-12-36(34)52)51-42(56)27-11-4-22(16-31(27)44(51)58)21-3-10-26-30(15-21)43(57)49(41(26)55)23-5-7-24(8-6-23)50-45(59)32-18-28-29(19-33(32)46(50)60)39(54)48-38(28)53/h2-19,52H,1H3,(H,48,53,54). The molecule has 15 nitrogen and oxygen atoms in total. The summed E-state index contributed by atoms with van der Waals surface area (Å²) in [6, 6.07) is 27.1. The van der Waals surface area contributed by atoms with Crippen molar-refractivity contribution in [1.29, 1.82) is 0 Å². The molecule has 2 aliphatic heterocycles. The van der Waals surface area contributed by atoms with Crippen LogP contribution in [0.1, 0.15) is 47.0 Å². The summed E-state index contributed by atoms with van der Waals surface area (Å²) in [5.41, 5.74) is 1.45. The van der Waals surface area contributed by atoms with Gasteiger partial charge in [-0.05, 0) is 115 Å². The van der Waals surface area contributed by atoms with Crippen LogP contribution in [0, 0.1) is 6.92 Å². The Morgan fingerprint density at radius 3 is 1.62 bits per heavy atom. The van der Waals surface area contributed by atoms with E-state index in [4.69, 9.17) is 4.42 Å². The molecule has 0 bridgehead atoms. The quantitative estimate of drug-likeness (QED) is 0.207. The molecule has 4 amide bonds. The molecule has 3 aromatic heterocycles. The van der Waals surface area contributed by atoms with E-state index in [1.165, 1.54) is 72.8 Å². The molecule has 292 valence electrons. The van der Waals surface area contributed by atoms with Crippen molar-refractivity contribution in [2.24, 2.45) is 0 Å². The molecule has 0 radical (unpaired) electrons. The minimum absolute atomic E-state index is 0.00399. The third kappa shape index (κ3) is 5.00. The SMILES string of the molecule is Cc1ccc2oc(-c3cc(N4C(=O)c5ccc(-c6ccc7c(c6)C(=O)N(c6ccc(-n8c(=O)c9cc%10c(=O)[nH]c(=O)c%10cc9c8=O)cc6)C7=O)cc5C4=O)ccc3O)nc2c1. The van der Waals surface area contributed by atoms with E-state index >= 15 is 0 Å². The zero-order chi connectivity index (χ0) is 42.2. The second-order valence-electron chi connectivity index (χ2n) is 14.8. The highest BCUT2D eigenvalue weighted by Crippen LogP contribution is 2.39. The normalized spacial score (nSPS) is 13.7. The van der Waals surface area contributed by atoms with Crippen molar-refractivity contribution in [3.05, 3.63) is 178 Å². The Morgan fingerprint density at radius 2 is 1.03 bits per heavy atom. The smallest absolute Gasteiger partial charge is 0.266 e. The molecular weight excluding hydrogens is 783 g/mol. The van der Waals surface area contributed by atoms with Crippen LogP contribution in [0.2, 0.25) is 0 Å². The van der Waals surface area contributed by atoms with Crippen molar-refractivity contribution in [3.63, 3.8) is 0 Å². The number of fused-ring (bicyclic) bond motifs is 5. The number of phenolic OH excluding ortho intramolecular Hbond substituents is 1. The Bertz CT molecular complexity index is 3680.